The van der Waals surface area contributed by atoms with Crippen LogP contribution in [0.1, 0.15) is 30.7 Å². The Bertz CT molecular complexity index is 641. The smallest absolute Gasteiger partial charge is 0.191 e. The number of aromatic nitrogens is 1. The Morgan fingerprint density at radius 3 is 2.58 bits per heavy atom. The molecular formula is C19H26N4O. The van der Waals surface area contributed by atoms with E-state index in [1.54, 1.807) is 13.2 Å². The fourth-order valence-electron chi connectivity index (χ4n) is 2.18. The molecule has 0 aliphatic carbocycles. The van der Waals surface area contributed by atoms with Crippen LogP contribution in [-0.2, 0) is 24.4 Å². The highest BCUT2D eigenvalue weighted by Gasteiger charge is 2.01. The van der Waals surface area contributed by atoms with Gasteiger partial charge in [0.2, 0.25) is 0 Å². The van der Waals surface area contributed by atoms with Crippen molar-refractivity contribution >= 4 is 5.96 Å². The lowest BCUT2D eigenvalue weighted by Crippen LogP contribution is -2.36. The number of nitrogens with one attached hydrogen (secondary N) is 2. The maximum absolute atomic E-state index is 5.65. The van der Waals surface area contributed by atoms with Crippen molar-refractivity contribution in [2.75, 3.05) is 7.05 Å². The lowest BCUT2D eigenvalue weighted by atomic mass is 10.1. The first-order valence-electron chi connectivity index (χ1n) is 8.21. The van der Waals surface area contributed by atoms with Gasteiger partial charge in [0, 0.05) is 19.8 Å². The van der Waals surface area contributed by atoms with E-state index in [0.717, 1.165) is 11.7 Å². The zero-order chi connectivity index (χ0) is 17.2. The van der Waals surface area contributed by atoms with Crippen LogP contribution in [0.15, 0.2) is 53.7 Å². The molecule has 0 bridgehead atoms. The predicted octanol–water partition coefficient (Wildman–Crippen LogP) is 2.87. The molecule has 0 atom stereocenters. The minimum Gasteiger partial charge on any atom is -0.374 e. The number of rotatable bonds is 7. The Morgan fingerprint density at radius 2 is 1.88 bits per heavy atom. The molecule has 0 radical (unpaired) electrons. The summed E-state index contributed by atoms with van der Waals surface area (Å²) in [5.41, 5.74) is 3.35. The first-order valence-corrected chi connectivity index (χ1v) is 8.21. The van der Waals surface area contributed by atoms with Gasteiger partial charge in [0.25, 0.3) is 0 Å². The van der Waals surface area contributed by atoms with E-state index in [1.165, 1.54) is 11.1 Å². The molecule has 0 saturated carbocycles. The van der Waals surface area contributed by atoms with Crippen molar-refractivity contribution in [3.8, 4) is 0 Å². The number of nitrogens with zero attached hydrogens (tertiary/aromatic N) is 2. The van der Waals surface area contributed by atoms with Crippen molar-refractivity contribution in [3.63, 3.8) is 0 Å². The standard InChI is InChI=1S/C19H26N4O/c1-15(2)24-14-17-8-6-7-16(11-17)12-22-19(20-3)23-13-18-9-4-5-10-21-18/h4-11,15H,12-14H2,1-3H3,(H2,20,22,23). The highest BCUT2D eigenvalue weighted by molar-refractivity contribution is 5.79. The SMILES string of the molecule is CN=C(NCc1cccc(COC(C)C)c1)NCc1ccccn1. The van der Waals surface area contributed by atoms with Gasteiger partial charge in [0.05, 0.1) is 24.9 Å². The normalized spacial score (nSPS) is 11.6. The van der Waals surface area contributed by atoms with Gasteiger partial charge in [0.15, 0.2) is 5.96 Å². The third-order valence-corrected chi connectivity index (χ3v) is 3.42. The Hall–Kier alpha value is -2.40. The molecule has 0 amide bonds. The molecule has 1 aromatic heterocycles. The molecule has 0 aliphatic heterocycles. The molecule has 5 heteroatoms. The monoisotopic (exact) mass is 326 g/mol. The number of aliphatic imine (C=N–C) groups is 1. The number of pyridine rings is 1. The lowest BCUT2D eigenvalue weighted by molar-refractivity contribution is 0.0657. The summed E-state index contributed by atoms with van der Waals surface area (Å²) in [4.78, 5) is 8.53. The first-order chi connectivity index (χ1) is 11.7. The zero-order valence-electron chi connectivity index (χ0n) is 14.6. The average Bonchev–Trinajstić information content (AvgIpc) is 2.61. The Kier molecular flexibility index (Phi) is 7.23. The van der Waals surface area contributed by atoms with Crippen LogP contribution in [0.5, 0.6) is 0 Å². The molecule has 5 nitrogen and oxygen atoms in total. The number of ether oxygens (including phenoxy) is 1. The maximum atomic E-state index is 5.65. The second-order valence-electron chi connectivity index (χ2n) is 5.78. The van der Waals surface area contributed by atoms with Crippen molar-refractivity contribution in [1.82, 2.24) is 15.6 Å². The lowest BCUT2D eigenvalue weighted by Gasteiger charge is -2.13. The summed E-state index contributed by atoms with van der Waals surface area (Å²) < 4.78 is 5.65. The van der Waals surface area contributed by atoms with E-state index >= 15 is 0 Å². The van der Waals surface area contributed by atoms with Crippen LogP contribution in [0.3, 0.4) is 0 Å². The highest BCUT2D eigenvalue weighted by atomic mass is 16.5. The highest BCUT2D eigenvalue weighted by Crippen LogP contribution is 2.08. The summed E-state index contributed by atoms with van der Waals surface area (Å²) in [6, 6.07) is 14.3. The summed E-state index contributed by atoms with van der Waals surface area (Å²) in [7, 11) is 1.76. The molecule has 0 spiro atoms. The van der Waals surface area contributed by atoms with Gasteiger partial charge >= 0.3 is 0 Å². The van der Waals surface area contributed by atoms with Crippen molar-refractivity contribution in [1.29, 1.82) is 0 Å². The van der Waals surface area contributed by atoms with Gasteiger partial charge in [-0.2, -0.15) is 0 Å². The van der Waals surface area contributed by atoms with Crippen molar-refractivity contribution in [3.05, 3.63) is 65.5 Å². The summed E-state index contributed by atoms with van der Waals surface area (Å²) in [5.74, 6) is 0.754. The molecule has 0 saturated heterocycles. The summed E-state index contributed by atoms with van der Waals surface area (Å²) in [6.07, 6.45) is 2.03. The van der Waals surface area contributed by atoms with Crippen LogP contribution >= 0.6 is 0 Å². The number of benzene rings is 1. The van der Waals surface area contributed by atoms with Gasteiger partial charge in [-0.3, -0.25) is 9.98 Å². The van der Waals surface area contributed by atoms with Crippen LogP contribution in [0, 0.1) is 0 Å². The molecule has 128 valence electrons. The third kappa shape index (κ3) is 6.38. The second-order valence-corrected chi connectivity index (χ2v) is 5.78. The molecule has 1 heterocycles. The van der Waals surface area contributed by atoms with Gasteiger partial charge in [-0.1, -0.05) is 30.3 Å². The first kappa shape index (κ1) is 17.9. The van der Waals surface area contributed by atoms with Crippen LogP contribution in [0.4, 0.5) is 0 Å². The second kappa shape index (κ2) is 9.67. The topological polar surface area (TPSA) is 58.5 Å². The maximum Gasteiger partial charge on any atom is 0.191 e. The van der Waals surface area contributed by atoms with Crippen LogP contribution in [0.2, 0.25) is 0 Å². The predicted molar refractivity (Wildman–Crippen MR) is 97.6 cm³/mol. The summed E-state index contributed by atoms with van der Waals surface area (Å²) >= 11 is 0. The molecule has 2 N–H and O–H groups in total. The van der Waals surface area contributed by atoms with E-state index in [2.05, 4.69) is 44.9 Å². The number of hydrogen-bond acceptors (Lipinski definition) is 3. The molecule has 1 aromatic carbocycles. The molecular weight excluding hydrogens is 300 g/mol. The third-order valence-electron chi connectivity index (χ3n) is 3.42. The number of hydrogen-bond donors (Lipinski definition) is 2. The van der Waals surface area contributed by atoms with E-state index in [4.69, 9.17) is 4.74 Å². The van der Waals surface area contributed by atoms with Crippen molar-refractivity contribution in [2.45, 2.75) is 39.6 Å². The minimum atomic E-state index is 0.237. The molecule has 24 heavy (non-hydrogen) atoms. The number of guanidine groups is 1. The fraction of sp³-hybridized carbons (Fsp3) is 0.368. The van der Waals surface area contributed by atoms with Gasteiger partial charge in [0.1, 0.15) is 0 Å². The molecule has 2 aromatic rings. The van der Waals surface area contributed by atoms with Gasteiger partial charge in [-0.15, -0.1) is 0 Å². The van der Waals surface area contributed by atoms with E-state index < -0.39 is 0 Å². The van der Waals surface area contributed by atoms with Crippen LogP contribution in [0.25, 0.3) is 0 Å². The molecule has 0 fully saturated rings. The minimum absolute atomic E-state index is 0.237. The van der Waals surface area contributed by atoms with E-state index in [0.29, 0.717) is 19.7 Å². The van der Waals surface area contributed by atoms with E-state index in [-0.39, 0.29) is 6.10 Å². The fourth-order valence-corrected chi connectivity index (χ4v) is 2.18. The Morgan fingerprint density at radius 1 is 1.08 bits per heavy atom. The Labute approximate surface area is 144 Å². The zero-order valence-corrected chi connectivity index (χ0v) is 14.6. The van der Waals surface area contributed by atoms with Crippen molar-refractivity contribution < 1.29 is 4.74 Å². The quantitative estimate of drug-likeness (QED) is 0.607. The average molecular weight is 326 g/mol. The summed E-state index contributed by atoms with van der Waals surface area (Å²) in [6.45, 7) is 6.07. The molecule has 2 rings (SSSR count). The van der Waals surface area contributed by atoms with E-state index in [1.807, 2.05) is 32.0 Å². The molecule has 0 aliphatic rings. The Balaban J connectivity index is 1.83. The van der Waals surface area contributed by atoms with Gasteiger partial charge in [-0.25, -0.2) is 0 Å². The van der Waals surface area contributed by atoms with Gasteiger partial charge in [-0.05, 0) is 37.1 Å². The van der Waals surface area contributed by atoms with Crippen LogP contribution < -0.4 is 10.6 Å². The van der Waals surface area contributed by atoms with Crippen molar-refractivity contribution in [2.24, 2.45) is 4.99 Å². The van der Waals surface area contributed by atoms with E-state index in [9.17, 15) is 0 Å². The van der Waals surface area contributed by atoms with Crippen LogP contribution in [-0.4, -0.2) is 24.1 Å². The summed E-state index contributed by atoms with van der Waals surface area (Å²) in [5, 5.41) is 6.58. The largest absolute Gasteiger partial charge is 0.374 e. The molecule has 0 unspecified atom stereocenters. The van der Waals surface area contributed by atoms with Gasteiger partial charge < -0.3 is 15.4 Å².